The van der Waals surface area contributed by atoms with Crippen LogP contribution in [-0.4, -0.2) is 35.6 Å². The van der Waals surface area contributed by atoms with Crippen molar-refractivity contribution in [3.63, 3.8) is 0 Å². The molecule has 1 N–H and O–H groups in total. The highest BCUT2D eigenvalue weighted by Gasteiger charge is 2.17. The minimum Gasteiger partial charge on any atom is -0.353 e. The monoisotopic (exact) mass is 345 g/mol. The molecular formula is C19H27N3O3. The fourth-order valence-electron chi connectivity index (χ4n) is 3.25. The Morgan fingerprint density at radius 3 is 3.00 bits per heavy atom. The van der Waals surface area contributed by atoms with Crippen LogP contribution in [0.15, 0.2) is 29.1 Å². The van der Waals surface area contributed by atoms with E-state index in [-0.39, 0.29) is 17.9 Å². The second-order valence-corrected chi connectivity index (χ2v) is 6.39. The molecule has 0 aliphatic carbocycles. The average Bonchev–Trinajstić information content (AvgIpc) is 2.64. The standard InChI is InChI=1S/C19H27N3O3/c1-3-20-14(2)18-21-16-9-5-4-8-15(16)19(23)22(18)11-13-25-17-10-6-7-12-24-17/h4-5,8-9,14,17,20H,3,6-7,10-13H2,1-2H3. The summed E-state index contributed by atoms with van der Waals surface area (Å²) in [6.07, 6.45) is 3.00. The summed E-state index contributed by atoms with van der Waals surface area (Å²) in [6, 6.07) is 7.48. The highest BCUT2D eigenvalue weighted by molar-refractivity contribution is 5.77. The van der Waals surface area contributed by atoms with E-state index in [0.717, 1.165) is 43.8 Å². The molecule has 25 heavy (non-hydrogen) atoms. The lowest BCUT2D eigenvalue weighted by molar-refractivity contribution is -0.163. The van der Waals surface area contributed by atoms with E-state index in [4.69, 9.17) is 14.5 Å². The van der Waals surface area contributed by atoms with Crippen LogP contribution < -0.4 is 10.9 Å². The summed E-state index contributed by atoms with van der Waals surface area (Å²) >= 11 is 0. The SMILES string of the molecule is CCNC(C)c1nc2ccccc2c(=O)n1CCOC1CCCCO1. The maximum atomic E-state index is 12.9. The van der Waals surface area contributed by atoms with Gasteiger partial charge in [0.2, 0.25) is 0 Å². The van der Waals surface area contributed by atoms with Crippen LogP contribution in [0.3, 0.4) is 0 Å². The Bertz CT molecular complexity index is 753. The Morgan fingerprint density at radius 1 is 1.40 bits per heavy atom. The zero-order valence-electron chi connectivity index (χ0n) is 15.0. The zero-order chi connectivity index (χ0) is 17.6. The van der Waals surface area contributed by atoms with Crippen LogP contribution in [-0.2, 0) is 16.0 Å². The van der Waals surface area contributed by atoms with Gasteiger partial charge in [0, 0.05) is 6.61 Å². The van der Waals surface area contributed by atoms with Gasteiger partial charge in [0.1, 0.15) is 5.82 Å². The summed E-state index contributed by atoms with van der Waals surface area (Å²) in [5.41, 5.74) is 0.721. The van der Waals surface area contributed by atoms with Crippen molar-refractivity contribution in [1.82, 2.24) is 14.9 Å². The van der Waals surface area contributed by atoms with Crippen LogP contribution in [0, 0.1) is 0 Å². The first-order chi connectivity index (χ1) is 12.2. The lowest BCUT2D eigenvalue weighted by Crippen LogP contribution is -2.33. The maximum Gasteiger partial charge on any atom is 0.261 e. The van der Waals surface area contributed by atoms with Crippen molar-refractivity contribution >= 4 is 10.9 Å². The molecule has 1 saturated heterocycles. The molecule has 3 rings (SSSR count). The zero-order valence-corrected chi connectivity index (χ0v) is 15.0. The Labute approximate surface area is 148 Å². The predicted molar refractivity (Wildman–Crippen MR) is 97.6 cm³/mol. The average molecular weight is 345 g/mol. The molecule has 2 unspecified atom stereocenters. The van der Waals surface area contributed by atoms with Crippen molar-refractivity contribution < 1.29 is 9.47 Å². The Hall–Kier alpha value is -1.76. The molecule has 2 atom stereocenters. The first-order valence-corrected chi connectivity index (χ1v) is 9.16. The molecule has 2 aromatic rings. The van der Waals surface area contributed by atoms with Crippen molar-refractivity contribution in [2.24, 2.45) is 0 Å². The topological polar surface area (TPSA) is 65.4 Å². The second kappa shape index (κ2) is 8.56. The lowest BCUT2D eigenvalue weighted by atomic mass is 10.2. The summed E-state index contributed by atoms with van der Waals surface area (Å²) in [6.45, 7) is 6.56. The third-order valence-corrected chi connectivity index (χ3v) is 4.55. The van der Waals surface area contributed by atoms with Crippen molar-refractivity contribution in [1.29, 1.82) is 0 Å². The molecule has 0 spiro atoms. The number of rotatable bonds is 7. The van der Waals surface area contributed by atoms with Gasteiger partial charge in [-0.05, 0) is 44.9 Å². The number of hydrogen-bond acceptors (Lipinski definition) is 5. The molecule has 1 fully saturated rings. The fraction of sp³-hybridized carbons (Fsp3) is 0.579. The van der Waals surface area contributed by atoms with E-state index in [1.54, 1.807) is 4.57 Å². The molecule has 6 nitrogen and oxygen atoms in total. The molecule has 1 aliphatic rings. The van der Waals surface area contributed by atoms with Gasteiger partial charge < -0.3 is 14.8 Å². The predicted octanol–water partition coefficient (Wildman–Crippen LogP) is 2.61. The first kappa shape index (κ1) is 18.0. The summed E-state index contributed by atoms with van der Waals surface area (Å²) in [4.78, 5) is 17.7. The number of para-hydroxylation sites is 1. The van der Waals surface area contributed by atoms with Crippen molar-refractivity contribution in [2.45, 2.75) is 52.0 Å². The van der Waals surface area contributed by atoms with Crippen molar-refractivity contribution in [3.8, 4) is 0 Å². The third kappa shape index (κ3) is 4.26. The Balaban J connectivity index is 1.84. The van der Waals surface area contributed by atoms with Crippen LogP contribution in [0.2, 0.25) is 0 Å². The van der Waals surface area contributed by atoms with Crippen LogP contribution in [0.4, 0.5) is 0 Å². The van der Waals surface area contributed by atoms with Crippen molar-refractivity contribution in [2.75, 3.05) is 19.8 Å². The molecule has 0 amide bonds. The molecule has 6 heteroatoms. The quantitative estimate of drug-likeness (QED) is 0.836. The van der Waals surface area contributed by atoms with E-state index in [2.05, 4.69) is 5.32 Å². The van der Waals surface area contributed by atoms with E-state index >= 15 is 0 Å². The summed E-state index contributed by atoms with van der Waals surface area (Å²) in [7, 11) is 0. The third-order valence-electron chi connectivity index (χ3n) is 4.55. The van der Waals surface area contributed by atoms with Crippen LogP contribution >= 0.6 is 0 Å². The van der Waals surface area contributed by atoms with Crippen molar-refractivity contribution in [3.05, 3.63) is 40.4 Å². The van der Waals surface area contributed by atoms with Gasteiger partial charge in [-0.25, -0.2) is 4.98 Å². The van der Waals surface area contributed by atoms with Gasteiger partial charge in [0.15, 0.2) is 6.29 Å². The van der Waals surface area contributed by atoms with Gasteiger partial charge >= 0.3 is 0 Å². The number of nitrogens with zero attached hydrogens (tertiary/aromatic N) is 2. The first-order valence-electron chi connectivity index (χ1n) is 9.16. The normalized spacial score (nSPS) is 19.2. The lowest BCUT2D eigenvalue weighted by Gasteiger charge is -2.24. The van der Waals surface area contributed by atoms with Crippen LogP contribution in [0.5, 0.6) is 0 Å². The maximum absolute atomic E-state index is 12.9. The molecule has 1 aromatic carbocycles. The molecule has 0 saturated carbocycles. The second-order valence-electron chi connectivity index (χ2n) is 6.39. The minimum absolute atomic E-state index is 0.00626. The van der Waals surface area contributed by atoms with Gasteiger partial charge in [-0.3, -0.25) is 9.36 Å². The van der Waals surface area contributed by atoms with E-state index in [1.165, 1.54) is 0 Å². The molecular weight excluding hydrogens is 318 g/mol. The van der Waals surface area contributed by atoms with E-state index in [1.807, 2.05) is 38.1 Å². The number of benzene rings is 1. The molecule has 136 valence electrons. The van der Waals surface area contributed by atoms with Gasteiger partial charge in [-0.2, -0.15) is 0 Å². The van der Waals surface area contributed by atoms with Gasteiger partial charge in [-0.1, -0.05) is 19.1 Å². The van der Waals surface area contributed by atoms with Gasteiger partial charge in [0.05, 0.1) is 30.1 Å². The highest BCUT2D eigenvalue weighted by Crippen LogP contribution is 2.15. The summed E-state index contributed by atoms with van der Waals surface area (Å²) < 4.78 is 13.1. The van der Waals surface area contributed by atoms with Gasteiger partial charge in [-0.15, -0.1) is 0 Å². The fourth-order valence-corrected chi connectivity index (χ4v) is 3.25. The largest absolute Gasteiger partial charge is 0.353 e. The van der Waals surface area contributed by atoms with Gasteiger partial charge in [0.25, 0.3) is 5.56 Å². The smallest absolute Gasteiger partial charge is 0.261 e. The highest BCUT2D eigenvalue weighted by atomic mass is 16.7. The Morgan fingerprint density at radius 2 is 2.24 bits per heavy atom. The number of nitrogens with one attached hydrogen (secondary N) is 1. The molecule has 2 heterocycles. The van der Waals surface area contributed by atoms with Crippen LogP contribution in [0.1, 0.15) is 45.0 Å². The molecule has 1 aliphatic heterocycles. The van der Waals surface area contributed by atoms with E-state index in [9.17, 15) is 4.79 Å². The number of ether oxygens (including phenoxy) is 2. The van der Waals surface area contributed by atoms with E-state index in [0.29, 0.717) is 18.5 Å². The molecule has 0 radical (unpaired) electrons. The Kier molecular flexibility index (Phi) is 6.18. The molecule has 0 bridgehead atoms. The molecule has 1 aromatic heterocycles. The minimum atomic E-state index is -0.146. The van der Waals surface area contributed by atoms with E-state index < -0.39 is 0 Å². The summed E-state index contributed by atoms with van der Waals surface area (Å²) in [5.74, 6) is 0.749. The summed E-state index contributed by atoms with van der Waals surface area (Å²) in [5, 5.41) is 3.99. The number of fused-ring (bicyclic) bond motifs is 1. The number of aromatic nitrogens is 2. The number of hydrogen-bond donors (Lipinski definition) is 1. The van der Waals surface area contributed by atoms with Crippen LogP contribution in [0.25, 0.3) is 10.9 Å².